The normalized spacial score (nSPS) is 17.2. The number of benzene rings is 2. The molecule has 0 amide bonds. The van der Waals surface area contributed by atoms with Crippen LogP contribution in [0.4, 0.5) is 0 Å². The SMILES string of the molecule is Cn1c(=O)n(C)c2cc(CN(Cc3ccccc3)C[C@H]3CCCO3)ccc21. The van der Waals surface area contributed by atoms with E-state index in [-0.39, 0.29) is 5.69 Å². The van der Waals surface area contributed by atoms with Gasteiger partial charge >= 0.3 is 5.69 Å². The molecule has 2 heterocycles. The maximum absolute atomic E-state index is 12.2. The van der Waals surface area contributed by atoms with Crippen LogP contribution in [0.3, 0.4) is 0 Å². The van der Waals surface area contributed by atoms with Gasteiger partial charge in [0.1, 0.15) is 0 Å². The summed E-state index contributed by atoms with van der Waals surface area (Å²) in [5.41, 5.74) is 4.50. The highest BCUT2D eigenvalue weighted by Gasteiger charge is 2.20. The molecule has 5 nitrogen and oxygen atoms in total. The Morgan fingerprint density at radius 2 is 1.74 bits per heavy atom. The van der Waals surface area contributed by atoms with Crippen LogP contribution < -0.4 is 5.69 Å². The zero-order valence-electron chi connectivity index (χ0n) is 16.1. The number of hydrogen-bond acceptors (Lipinski definition) is 3. The molecule has 1 atom stereocenters. The van der Waals surface area contributed by atoms with Gasteiger partial charge in [-0.3, -0.25) is 14.0 Å². The van der Waals surface area contributed by atoms with Gasteiger partial charge in [-0.2, -0.15) is 0 Å². The fourth-order valence-corrected chi connectivity index (χ4v) is 4.01. The lowest BCUT2D eigenvalue weighted by atomic mass is 10.1. The van der Waals surface area contributed by atoms with Gasteiger partial charge in [0.25, 0.3) is 0 Å². The fraction of sp³-hybridized carbons (Fsp3) is 0.409. The van der Waals surface area contributed by atoms with Crippen LogP contribution in [0.2, 0.25) is 0 Å². The maximum Gasteiger partial charge on any atom is 0.328 e. The summed E-state index contributed by atoms with van der Waals surface area (Å²) >= 11 is 0. The molecule has 4 rings (SSSR count). The summed E-state index contributed by atoms with van der Waals surface area (Å²) in [7, 11) is 3.66. The first-order valence-corrected chi connectivity index (χ1v) is 9.64. The predicted molar refractivity (Wildman–Crippen MR) is 108 cm³/mol. The second-order valence-corrected chi connectivity index (χ2v) is 7.51. The Kier molecular flexibility index (Phi) is 5.14. The van der Waals surface area contributed by atoms with Crippen LogP contribution in [0.15, 0.2) is 53.3 Å². The van der Waals surface area contributed by atoms with Crippen molar-refractivity contribution >= 4 is 11.0 Å². The van der Waals surface area contributed by atoms with Crippen LogP contribution in [0.25, 0.3) is 11.0 Å². The minimum Gasteiger partial charge on any atom is -0.377 e. The molecule has 0 radical (unpaired) electrons. The second kappa shape index (κ2) is 7.71. The van der Waals surface area contributed by atoms with Crippen molar-refractivity contribution in [1.29, 1.82) is 0 Å². The van der Waals surface area contributed by atoms with Crippen LogP contribution in [-0.4, -0.2) is 33.3 Å². The van der Waals surface area contributed by atoms with E-state index in [1.807, 2.05) is 14.1 Å². The minimum absolute atomic E-state index is 0.0163. The number of ether oxygens (including phenoxy) is 1. The third-order valence-corrected chi connectivity index (χ3v) is 5.48. The molecule has 0 saturated carbocycles. The third kappa shape index (κ3) is 3.84. The molecular formula is C22H27N3O2. The topological polar surface area (TPSA) is 39.4 Å². The molecule has 27 heavy (non-hydrogen) atoms. The zero-order valence-corrected chi connectivity index (χ0v) is 16.1. The first kappa shape index (κ1) is 18.0. The third-order valence-electron chi connectivity index (χ3n) is 5.48. The molecule has 142 valence electrons. The van der Waals surface area contributed by atoms with Crippen molar-refractivity contribution in [3.8, 4) is 0 Å². The number of fused-ring (bicyclic) bond motifs is 1. The van der Waals surface area contributed by atoms with E-state index < -0.39 is 0 Å². The summed E-state index contributed by atoms with van der Waals surface area (Å²) in [6.45, 7) is 3.54. The summed E-state index contributed by atoms with van der Waals surface area (Å²) in [4.78, 5) is 14.6. The first-order valence-electron chi connectivity index (χ1n) is 9.64. The molecule has 2 aromatic carbocycles. The van der Waals surface area contributed by atoms with Gasteiger partial charge in [-0.05, 0) is 36.1 Å². The number of aryl methyl sites for hydroxylation is 2. The fourth-order valence-electron chi connectivity index (χ4n) is 4.01. The Morgan fingerprint density at radius 1 is 1.00 bits per heavy atom. The number of nitrogens with zero attached hydrogens (tertiary/aromatic N) is 3. The highest BCUT2D eigenvalue weighted by molar-refractivity contribution is 5.76. The van der Waals surface area contributed by atoms with Crippen molar-refractivity contribution < 1.29 is 4.74 Å². The summed E-state index contributed by atoms with van der Waals surface area (Å²) < 4.78 is 9.30. The molecule has 5 heteroatoms. The lowest BCUT2D eigenvalue weighted by Gasteiger charge is -2.25. The number of imidazole rings is 1. The molecule has 0 spiro atoms. The molecule has 1 aromatic heterocycles. The Labute approximate surface area is 159 Å². The van der Waals surface area contributed by atoms with Crippen molar-refractivity contribution in [2.24, 2.45) is 14.1 Å². The second-order valence-electron chi connectivity index (χ2n) is 7.51. The van der Waals surface area contributed by atoms with Crippen LogP contribution in [0, 0.1) is 0 Å². The molecule has 3 aromatic rings. The Bertz CT molecular complexity index is 968. The van der Waals surface area contributed by atoms with Gasteiger partial charge in [0.15, 0.2) is 0 Å². The quantitative estimate of drug-likeness (QED) is 0.674. The molecule has 1 fully saturated rings. The molecule has 1 aliphatic heterocycles. The van der Waals surface area contributed by atoms with Crippen molar-refractivity contribution in [3.05, 3.63) is 70.1 Å². The lowest BCUT2D eigenvalue weighted by Crippen LogP contribution is -2.31. The first-order chi connectivity index (χ1) is 13.1. The Morgan fingerprint density at radius 3 is 2.48 bits per heavy atom. The highest BCUT2D eigenvalue weighted by Crippen LogP contribution is 2.19. The Hall–Kier alpha value is -2.37. The smallest absolute Gasteiger partial charge is 0.328 e. The molecule has 0 bridgehead atoms. The van der Waals surface area contributed by atoms with Crippen molar-refractivity contribution in [2.45, 2.75) is 32.0 Å². The largest absolute Gasteiger partial charge is 0.377 e. The zero-order chi connectivity index (χ0) is 18.8. The van der Waals surface area contributed by atoms with Crippen LogP contribution in [-0.2, 0) is 31.9 Å². The monoisotopic (exact) mass is 365 g/mol. The number of hydrogen-bond donors (Lipinski definition) is 0. The van der Waals surface area contributed by atoms with Crippen LogP contribution in [0.1, 0.15) is 24.0 Å². The van der Waals surface area contributed by atoms with Gasteiger partial charge in [0, 0.05) is 40.3 Å². The van der Waals surface area contributed by atoms with Gasteiger partial charge in [-0.15, -0.1) is 0 Å². The number of aromatic nitrogens is 2. The van der Waals surface area contributed by atoms with Crippen molar-refractivity contribution in [1.82, 2.24) is 14.0 Å². The van der Waals surface area contributed by atoms with E-state index in [1.165, 1.54) is 11.1 Å². The van der Waals surface area contributed by atoms with E-state index in [4.69, 9.17) is 4.74 Å². The molecule has 1 aliphatic rings. The van der Waals surface area contributed by atoms with Gasteiger partial charge < -0.3 is 4.74 Å². The van der Waals surface area contributed by atoms with E-state index in [0.717, 1.165) is 50.1 Å². The number of rotatable bonds is 6. The van der Waals surface area contributed by atoms with Gasteiger partial charge in [0.05, 0.1) is 17.1 Å². The molecule has 0 aliphatic carbocycles. The van der Waals surface area contributed by atoms with Gasteiger partial charge in [-0.25, -0.2) is 4.79 Å². The summed E-state index contributed by atoms with van der Waals surface area (Å²) in [6, 6.07) is 16.9. The van der Waals surface area contributed by atoms with Gasteiger partial charge in [0.2, 0.25) is 0 Å². The molecule has 0 N–H and O–H groups in total. The van der Waals surface area contributed by atoms with E-state index in [2.05, 4.69) is 53.4 Å². The Balaban J connectivity index is 1.59. The molecule has 0 unspecified atom stereocenters. The highest BCUT2D eigenvalue weighted by atomic mass is 16.5. The van der Waals surface area contributed by atoms with Crippen LogP contribution in [0.5, 0.6) is 0 Å². The summed E-state index contributed by atoms with van der Waals surface area (Å²) in [5, 5.41) is 0. The van der Waals surface area contributed by atoms with Crippen molar-refractivity contribution in [3.63, 3.8) is 0 Å². The van der Waals surface area contributed by atoms with E-state index in [1.54, 1.807) is 9.13 Å². The lowest BCUT2D eigenvalue weighted by molar-refractivity contribution is 0.0679. The van der Waals surface area contributed by atoms with E-state index >= 15 is 0 Å². The van der Waals surface area contributed by atoms with E-state index in [9.17, 15) is 4.79 Å². The maximum atomic E-state index is 12.2. The standard InChI is InChI=1S/C22H27N3O2/c1-23-20-11-10-18(13-21(20)24(2)22(23)26)15-25(16-19-9-6-12-27-19)14-17-7-4-3-5-8-17/h3-5,7-8,10-11,13,19H,6,9,12,14-16H2,1-2H3/t19-/m1/s1. The molecule has 1 saturated heterocycles. The molecular weight excluding hydrogens is 338 g/mol. The van der Waals surface area contributed by atoms with Crippen molar-refractivity contribution in [2.75, 3.05) is 13.2 Å². The average Bonchev–Trinajstić information content (AvgIpc) is 3.26. The minimum atomic E-state index is 0.0163. The average molecular weight is 365 g/mol. The summed E-state index contributed by atoms with van der Waals surface area (Å²) in [6.07, 6.45) is 2.61. The van der Waals surface area contributed by atoms with Crippen LogP contribution >= 0.6 is 0 Å². The van der Waals surface area contributed by atoms with Gasteiger partial charge in [-0.1, -0.05) is 36.4 Å². The van der Waals surface area contributed by atoms with E-state index in [0.29, 0.717) is 6.10 Å². The predicted octanol–water partition coefficient (Wildman–Crippen LogP) is 3.06. The summed E-state index contributed by atoms with van der Waals surface area (Å²) in [5.74, 6) is 0.